The largest absolute Gasteiger partial charge is 0.381 e. The number of carbonyl (C=O) groups is 1. The molecule has 0 saturated heterocycles. The first-order valence-corrected chi connectivity index (χ1v) is 2.82. The molecule has 0 radical (unpaired) electrons. The van der Waals surface area contributed by atoms with Crippen molar-refractivity contribution in [3.63, 3.8) is 0 Å². The number of nitrogens with two attached hydrogens (primary N) is 2. The molecule has 0 atom stereocenters. The monoisotopic (exact) mass is 155 g/mol. The van der Waals surface area contributed by atoms with Crippen LogP contribution in [0.3, 0.4) is 0 Å². The standard InChI is InChI=1S/C6H6FN3O/c7-4-1-3(6(9)11)2-10-5(4)8/h1-2H,(H2,8,10)(H2,9,11). The van der Waals surface area contributed by atoms with E-state index in [9.17, 15) is 9.18 Å². The van der Waals surface area contributed by atoms with Crippen molar-refractivity contribution in [2.24, 2.45) is 5.73 Å². The lowest BCUT2D eigenvalue weighted by molar-refractivity contribution is 0.0999. The van der Waals surface area contributed by atoms with Gasteiger partial charge in [-0.15, -0.1) is 0 Å². The number of nitrogens with zero attached hydrogens (tertiary/aromatic N) is 1. The van der Waals surface area contributed by atoms with Crippen molar-refractivity contribution in [3.8, 4) is 0 Å². The van der Waals surface area contributed by atoms with Gasteiger partial charge in [0.05, 0.1) is 5.56 Å². The van der Waals surface area contributed by atoms with Gasteiger partial charge in [0.25, 0.3) is 0 Å². The molecule has 0 unspecified atom stereocenters. The number of nitrogen functional groups attached to an aromatic ring is 1. The number of pyridine rings is 1. The van der Waals surface area contributed by atoms with E-state index in [1.165, 1.54) is 0 Å². The average Bonchev–Trinajstić information content (AvgIpc) is 1.94. The van der Waals surface area contributed by atoms with E-state index < -0.39 is 11.7 Å². The van der Waals surface area contributed by atoms with Gasteiger partial charge >= 0.3 is 0 Å². The van der Waals surface area contributed by atoms with E-state index in [1.54, 1.807) is 0 Å². The van der Waals surface area contributed by atoms with E-state index in [0.717, 1.165) is 12.3 Å². The van der Waals surface area contributed by atoms with Crippen LogP contribution in [0.1, 0.15) is 10.4 Å². The van der Waals surface area contributed by atoms with Crippen LogP contribution in [-0.4, -0.2) is 10.9 Å². The predicted molar refractivity (Wildman–Crippen MR) is 37.1 cm³/mol. The second-order valence-electron chi connectivity index (χ2n) is 1.96. The fourth-order valence-electron chi connectivity index (χ4n) is 0.583. The van der Waals surface area contributed by atoms with Crippen molar-refractivity contribution in [2.75, 3.05) is 5.73 Å². The number of anilines is 1. The van der Waals surface area contributed by atoms with E-state index >= 15 is 0 Å². The molecule has 11 heavy (non-hydrogen) atoms. The molecule has 0 spiro atoms. The van der Waals surface area contributed by atoms with Crippen LogP contribution in [0, 0.1) is 5.82 Å². The van der Waals surface area contributed by atoms with Crippen LogP contribution < -0.4 is 11.5 Å². The van der Waals surface area contributed by atoms with Gasteiger partial charge in [0.15, 0.2) is 11.6 Å². The summed E-state index contributed by atoms with van der Waals surface area (Å²) in [6.07, 6.45) is 1.13. The minimum absolute atomic E-state index is 0.0108. The van der Waals surface area contributed by atoms with Crippen LogP contribution in [0.15, 0.2) is 12.3 Å². The molecule has 0 fully saturated rings. The van der Waals surface area contributed by atoms with Crippen LogP contribution in [0.5, 0.6) is 0 Å². The molecule has 0 aliphatic heterocycles. The highest BCUT2D eigenvalue weighted by Crippen LogP contribution is 2.06. The summed E-state index contributed by atoms with van der Waals surface area (Å²) >= 11 is 0. The predicted octanol–water partition coefficient (Wildman–Crippen LogP) is -0.0982. The zero-order valence-electron chi connectivity index (χ0n) is 5.54. The van der Waals surface area contributed by atoms with Gasteiger partial charge in [-0.25, -0.2) is 9.37 Å². The van der Waals surface area contributed by atoms with Crippen molar-refractivity contribution in [2.45, 2.75) is 0 Å². The van der Waals surface area contributed by atoms with E-state index in [-0.39, 0.29) is 11.4 Å². The van der Waals surface area contributed by atoms with Gasteiger partial charge in [-0.2, -0.15) is 0 Å². The lowest BCUT2D eigenvalue weighted by Gasteiger charge is -1.96. The maximum absolute atomic E-state index is 12.5. The van der Waals surface area contributed by atoms with Crippen LogP contribution in [0.2, 0.25) is 0 Å². The van der Waals surface area contributed by atoms with Crippen LogP contribution in [-0.2, 0) is 0 Å². The molecule has 0 aromatic carbocycles. The number of hydrogen-bond donors (Lipinski definition) is 2. The number of rotatable bonds is 1. The van der Waals surface area contributed by atoms with Crippen molar-refractivity contribution >= 4 is 11.7 Å². The Morgan fingerprint density at radius 1 is 1.64 bits per heavy atom. The second kappa shape index (κ2) is 2.53. The van der Waals surface area contributed by atoms with E-state index in [1.807, 2.05) is 0 Å². The summed E-state index contributed by atoms with van der Waals surface area (Å²) in [5, 5.41) is 0. The molecule has 4 N–H and O–H groups in total. The second-order valence-corrected chi connectivity index (χ2v) is 1.96. The third-order valence-electron chi connectivity index (χ3n) is 1.15. The van der Waals surface area contributed by atoms with Gasteiger partial charge in [-0.05, 0) is 6.07 Å². The fraction of sp³-hybridized carbons (Fsp3) is 0. The van der Waals surface area contributed by atoms with Crippen molar-refractivity contribution in [3.05, 3.63) is 23.6 Å². The van der Waals surface area contributed by atoms with Crippen LogP contribution in [0.4, 0.5) is 10.2 Å². The Kier molecular flexibility index (Phi) is 1.72. The molecule has 5 heteroatoms. The van der Waals surface area contributed by atoms with E-state index in [2.05, 4.69) is 4.98 Å². The molecule has 1 rings (SSSR count). The number of halogens is 1. The van der Waals surface area contributed by atoms with Crippen molar-refractivity contribution < 1.29 is 9.18 Å². The normalized spacial score (nSPS) is 9.55. The number of carbonyl (C=O) groups excluding carboxylic acids is 1. The Morgan fingerprint density at radius 2 is 2.27 bits per heavy atom. The molecule has 0 aliphatic carbocycles. The highest BCUT2D eigenvalue weighted by molar-refractivity contribution is 5.92. The fourth-order valence-corrected chi connectivity index (χ4v) is 0.583. The quantitative estimate of drug-likeness (QED) is 0.594. The Hall–Kier alpha value is -1.65. The van der Waals surface area contributed by atoms with E-state index in [4.69, 9.17) is 11.5 Å². The molecule has 1 aromatic rings. The average molecular weight is 155 g/mol. The molecular weight excluding hydrogens is 149 g/mol. The molecule has 0 saturated carbocycles. The summed E-state index contributed by atoms with van der Waals surface area (Å²) < 4.78 is 12.5. The Morgan fingerprint density at radius 3 is 2.73 bits per heavy atom. The molecule has 1 amide bonds. The van der Waals surface area contributed by atoms with Crippen LogP contribution >= 0.6 is 0 Å². The summed E-state index contributed by atoms with van der Waals surface area (Å²) in [5.41, 5.74) is 9.91. The summed E-state index contributed by atoms with van der Waals surface area (Å²) in [5.74, 6) is -1.70. The summed E-state index contributed by atoms with van der Waals surface area (Å²) in [6, 6.07) is 0.949. The van der Waals surface area contributed by atoms with Gasteiger partial charge < -0.3 is 11.5 Å². The molecule has 58 valence electrons. The smallest absolute Gasteiger partial charge is 0.250 e. The zero-order chi connectivity index (χ0) is 8.43. The molecule has 4 nitrogen and oxygen atoms in total. The highest BCUT2D eigenvalue weighted by atomic mass is 19.1. The van der Waals surface area contributed by atoms with Gasteiger partial charge in [0, 0.05) is 6.20 Å². The lowest BCUT2D eigenvalue weighted by atomic mass is 10.2. The molecular formula is C6H6FN3O. The lowest BCUT2D eigenvalue weighted by Crippen LogP contribution is -2.12. The molecule has 0 bridgehead atoms. The molecule has 1 aromatic heterocycles. The van der Waals surface area contributed by atoms with Gasteiger partial charge in [-0.1, -0.05) is 0 Å². The minimum Gasteiger partial charge on any atom is -0.381 e. The Bertz CT molecular complexity index is 300. The first-order chi connectivity index (χ1) is 5.11. The SMILES string of the molecule is NC(=O)c1cnc(N)c(F)c1. The summed E-state index contributed by atoms with van der Waals surface area (Å²) in [6.45, 7) is 0. The van der Waals surface area contributed by atoms with Crippen molar-refractivity contribution in [1.29, 1.82) is 0 Å². The molecule has 0 aliphatic rings. The minimum atomic E-state index is -0.735. The first kappa shape index (κ1) is 7.46. The zero-order valence-corrected chi connectivity index (χ0v) is 5.54. The Labute approximate surface area is 62.0 Å². The van der Waals surface area contributed by atoms with Gasteiger partial charge in [-0.3, -0.25) is 4.79 Å². The van der Waals surface area contributed by atoms with Gasteiger partial charge in [0.2, 0.25) is 5.91 Å². The topological polar surface area (TPSA) is 82.0 Å². The number of aromatic nitrogens is 1. The van der Waals surface area contributed by atoms with Crippen LogP contribution in [0.25, 0.3) is 0 Å². The maximum atomic E-state index is 12.5. The third-order valence-corrected chi connectivity index (χ3v) is 1.15. The van der Waals surface area contributed by atoms with E-state index in [0.29, 0.717) is 0 Å². The highest BCUT2D eigenvalue weighted by Gasteiger charge is 2.04. The third kappa shape index (κ3) is 1.43. The molecule has 1 heterocycles. The summed E-state index contributed by atoms with van der Waals surface area (Å²) in [7, 11) is 0. The van der Waals surface area contributed by atoms with Gasteiger partial charge in [0.1, 0.15) is 0 Å². The summed E-state index contributed by atoms with van der Waals surface area (Å²) in [4.78, 5) is 13.8. The number of amides is 1. The number of primary amides is 1. The Balaban J connectivity index is 3.15. The maximum Gasteiger partial charge on any atom is 0.250 e. The number of hydrogen-bond acceptors (Lipinski definition) is 3. The van der Waals surface area contributed by atoms with Crippen molar-refractivity contribution in [1.82, 2.24) is 4.98 Å². The first-order valence-electron chi connectivity index (χ1n) is 2.82.